The number of piperidine rings is 2. The van der Waals surface area contributed by atoms with E-state index >= 15 is 0 Å². The highest BCUT2D eigenvalue weighted by molar-refractivity contribution is 5.79. The van der Waals surface area contributed by atoms with E-state index in [2.05, 4.69) is 4.90 Å². The third-order valence-electron chi connectivity index (χ3n) is 6.02. The molecular weight excluding hydrogens is 308 g/mol. The molecule has 0 bridgehead atoms. The van der Waals surface area contributed by atoms with E-state index in [1.807, 2.05) is 4.90 Å². The van der Waals surface area contributed by atoms with Gasteiger partial charge in [0.15, 0.2) is 0 Å². The lowest BCUT2D eigenvalue weighted by Gasteiger charge is -2.48. The van der Waals surface area contributed by atoms with Crippen LogP contribution in [0.4, 0.5) is 0 Å². The maximum absolute atomic E-state index is 12.7. The summed E-state index contributed by atoms with van der Waals surface area (Å²) in [6.45, 7) is 5.20. The minimum absolute atomic E-state index is 0.152. The van der Waals surface area contributed by atoms with Crippen LogP contribution in [0.2, 0.25) is 0 Å². The van der Waals surface area contributed by atoms with Crippen LogP contribution in [-0.4, -0.2) is 74.7 Å². The molecule has 24 heavy (non-hydrogen) atoms. The Kier molecular flexibility index (Phi) is 5.76. The summed E-state index contributed by atoms with van der Waals surface area (Å²) in [7, 11) is 1.67. The van der Waals surface area contributed by atoms with Crippen molar-refractivity contribution in [1.29, 1.82) is 0 Å². The summed E-state index contributed by atoms with van der Waals surface area (Å²) < 4.78 is 10.5. The largest absolute Gasteiger partial charge is 0.383 e. The molecule has 0 atom stereocenters. The second kappa shape index (κ2) is 7.83. The zero-order chi connectivity index (χ0) is 17.0. The van der Waals surface area contributed by atoms with E-state index in [9.17, 15) is 9.59 Å². The predicted molar refractivity (Wildman–Crippen MR) is 89.5 cm³/mol. The summed E-state index contributed by atoms with van der Waals surface area (Å²) in [6, 6.07) is 0. The summed E-state index contributed by atoms with van der Waals surface area (Å²) in [5.74, 6) is 0.716. The molecule has 0 aromatic heterocycles. The molecule has 1 spiro atoms. The van der Waals surface area contributed by atoms with Gasteiger partial charge in [0.05, 0.1) is 6.61 Å². The quantitative estimate of drug-likeness (QED) is 0.775. The molecule has 3 aliphatic rings. The Morgan fingerprint density at radius 3 is 2.62 bits per heavy atom. The van der Waals surface area contributed by atoms with Gasteiger partial charge >= 0.3 is 0 Å². The van der Waals surface area contributed by atoms with Gasteiger partial charge in [-0.2, -0.15) is 0 Å². The molecule has 0 saturated carbocycles. The Balaban J connectivity index is 1.53. The lowest BCUT2D eigenvalue weighted by atomic mass is 9.72. The fraction of sp³-hybridized carbons (Fsp3) is 0.889. The zero-order valence-electron chi connectivity index (χ0n) is 14.8. The van der Waals surface area contributed by atoms with Crippen LogP contribution in [0.1, 0.15) is 38.5 Å². The van der Waals surface area contributed by atoms with Crippen LogP contribution in [0.5, 0.6) is 0 Å². The average molecular weight is 338 g/mol. The second-order valence-electron chi connectivity index (χ2n) is 7.52. The van der Waals surface area contributed by atoms with E-state index in [-0.39, 0.29) is 17.2 Å². The number of rotatable bonds is 4. The maximum Gasteiger partial charge on any atom is 0.225 e. The highest BCUT2D eigenvalue weighted by Gasteiger charge is 2.42. The van der Waals surface area contributed by atoms with E-state index in [0.29, 0.717) is 38.7 Å². The number of nitrogens with zero attached hydrogens (tertiary/aromatic N) is 2. The normalized spacial score (nSPS) is 25.3. The van der Waals surface area contributed by atoms with Gasteiger partial charge in [-0.1, -0.05) is 0 Å². The smallest absolute Gasteiger partial charge is 0.225 e. The second-order valence-corrected chi connectivity index (χ2v) is 7.52. The molecule has 3 aliphatic heterocycles. The first-order valence-corrected chi connectivity index (χ1v) is 9.27. The molecule has 0 unspecified atom stereocenters. The van der Waals surface area contributed by atoms with Gasteiger partial charge in [-0.25, -0.2) is 0 Å². The van der Waals surface area contributed by atoms with Gasteiger partial charge in [0.2, 0.25) is 11.8 Å². The first-order valence-electron chi connectivity index (χ1n) is 9.27. The van der Waals surface area contributed by atoms with Gasteiger partial charge in [0, 0.05) is 58.8 Å². The lowest BCUT2D eigenvalue weighted by Crippen LogP contribution is -2.53. The van der Waals surface area contributed by atoms with Crippen molar-refractivity contribution >= 4 is 11.8 Å². The molecule has 136 valence electrons. The number of carbonyl (C=O) groups is 2. The Morgan fingerprint density at radius 2 is 1.96 bits per heavy atom. The average Bonchev–Trinajstić information content (AvgIpc) is 2.63. The van der Waals surface area contributed by atoms with Crippen LogP contribution in [0.3, 0.4) is 0 Å². The molecule has 2 amide bonds. The molecule has 3 rings (SSSR count). The first kappa shape index (κ1) is 17.7. The molecule has 0 aromatic carbocycles. The summed E-state index contributed by atoms with van der Waals surface area (Å²) in [6.07, 6.45) is 5.35. The molecule has 0 aliphatic carbocycles. The SMILES string of the molecule is COCCN1CC2(CCC1=O)CCN(C(=O)C1CCOCC1)CC2. The van der Waals surface area contributed by atoms with E-state index < -0.39 is 0 Å². The number of methoxy groups -OCH3 is 1. The van der Waals surface area contributed by atoms with Crippen LogP contribution < -0.4 is 0 Å². The summed E-state index contributed by atoms with van der Waals surface area (Å²) in [5.41, 5.74) is 0.202. The van der Waals surface area contributed by atoms with Crippen molar-refractivity contribution in [1.82, 2.24) is 9.80 Å². The van der Waals surface area contributed by atoms with Crippen LogP contribution >= 0.6 is 0 Å². The number of amides is 2. The Labute approximate surface area is 144 Å². The van der Waals surface area contributed by atoms with Crippen molar-refractivity contribution in [2.45, 2.75) is 38.5 Å². The number of likely N-dealkylation sites (tertiary alicyclic amines) is 2. The van der Waals surface area contributed by atoms with Gasteiger partial charge in [0.1, 0.15) is 0 Å². The van der Waals surface area contributed by atoms with E-state index in [0.717, 1.165) is 51.7 Å². The monoisotopic (exact) mass is 338 g/mol. The van der Waals surface area contributed by atoms with Crippen molar-refractivity contribution < 1.29 is 19.1 Å². The molecule has 6 heteroatoms. The molecule has 6 nitrogen and oxygen atoms in total. The van der Waals surface area contributed by atoms with Crippen LogP contribution in [0, 0.1) is 11.3 Å². The molecule has 3 heterocycles. The van der Waals surface area contributed by atoms with Crippen LogP contribution in [0.25, 0.3) is 0 Å². The van der Waals surface area contributed by atoms with Gasteiger partial charge in [-0.05, 0) is 37.5 Å². The van der Waals surface area contributed by atoms with Crippen LogP contribution in [-0.2, 0) is 19.1 Å². The summed E-state index contributed by atoms with van der Waals surface area (Å²) in [4.78, 5) is 28.8. The first-order chi connectivity index (χ1) is 11.6. The lowest BCUT2D eigenvalue weighted by molar-refractivity contribution is -0.146. The van der Waals surface area contributed by atoms with Crippen molar-refractivity contribution in [2.24, 2.45) is 11.3 Å². The third kappa shape index (κ3) is 3.91. The fourth-order valence-electron chi connectivity index (χ4n) is 4.32. The van der Waals surface area contributed by atoms with Gasteiger partial charge in [-0.15, -0.1) is 0 Å². The summed E-state index contributed by atoms with van der Waals surface area (Å²) >= 11 is 0. The van der Waals surface area contributed by atoms with Crippen molar-refractivity contribution in [3.63, 3.8) is 0 Å². The topological polar surface area (TPSA) is 59.1 Å². The third-order valence-corrected chi connectivity index (χ3v) is 6.02. The molecular formula is C18H30N2O4. The van der Waals surface area contributed by atoms with Gasteiger partial charge < -0.3 is 19.3 Å². The van der Waals surface area contributed by atoms with Crippen molar-refractivity contribution in [2.75, 3.05) is 53.1 Å². The standard InChI is InChI=1S/C18H30N2O4/c1-23-13-10-20-14-18(5-2-16(20)21)6-8-19(9-7-18)17(22)15-3-11-24-12-4-15/h15H,2-14H2,1H3. The van der Waals surface area contributed by atoms with Gasteiger partial charge in [0.25, 0.3) is 0 Å². The highest BCUT2D eigenvalue weighted by atomic mass is 16.5. The number of ether oxygens (including phenoxy) is 2. The number of hydrogen-bond donors (Lipinski definition) is 0. The van der Waals surface area contributed by atoms with Gasteiger partial charge in [-0.3, -0.25) is 9.59 Å². The van der Waals surface area contributed by atoms with E-state index in [1.54, 1.807) is 7.11 Å². The minimum Gasteiger partial charge on any atom is -0.383 e. The van der Waals surface area contributed by atoms with Crippen molar-refractivity contribution in [3.05, 3.63) is 0 Å². The van der Waals surface area contributed by atoms with Crippen LogP contribution in [0.15, 0.2) is 0 Å². The Bertz CT molecular complexity index is 454. The number of hydrogen-bond acceptors (Lipinski definition) is 4. The molecule has 0 N–H and O–H groups in total. The molecule has 3 fully saturated rings. The molecule has 0 radical (unpaired) electrons. The molecule has 3 saturated heterocycles. The molecule has 0 aromatic rings. The van der Waals surface area contributed by atoms with E-state index in [4.69, 9.17) is 9.47 Å². The number of carbonyl (C=O) groups excluding carboxylic acids is 2. The Morgan fingerprint density at radius 1 is 1.25 bits per heavy atom. The van der Waals surface area contributed by atoms with Crippen molar-refractivity contribution in [3.8, 4) is 0 Å². The predicted octanol–water partition coefficient (Wildman–Crippen LogP) is 1.29. The summed E-state index contributed by atoms with van der Waals surface area (Å²) in [5, 5.41) is 0. The van der Waals surface area contributed by atoms with E-state index in [1.165, 1.54) is 0 Å². The highest BCUT2D eigenvalue weighted by Crippen LogP contribution is 2.40. The zero-order valence-corrected chi connectivity index (χ0v) is 14.8. The maximum atomic E-state index is 12.7. The fourth-order valence-corrected chi connectivity index (χ4v) is 4.32. The Hall–Kier alpha value is -1.14. The minimum atomic E-state index is 0.152.